The van der Waals surface area contributed by atoms with Crippen molar-refractivity contribution in [2.75, 3.05) is 50.7 Å². The van der Waals surface area contributed by atoms with E-state index < -0.39 is 0 Å². The molecule has 0 aromatic heterocycles. The second-order valence-electron chi connectivity index (χ2n) is 6.33. The summed E-state index contributed by atoms with van der Waals surface area (Å²) in [4.78, 5) is 4.54. The molecule has 0 unspecified atom stereocenters. The van der Waals surface area contributed by atoms with Crippen molar-refractivity contribution < 1.29 is 4.74 Å². The van der Waals surface area contributed by atoms with Gasteiger partial charge in [-0.3, -0.25) is 0 Å². The molecule has 3 nitrogen and oxygen atoms in total. The number of fused-ring (bicyclic) bond motifs is 3. The third kappa shape index (κ3) is 3.06. The molecule has 2 aromatic rings. The van der Waals surface area contributed by atoms with Crippen molar-refractivity contribution in [3.63, 3.8) is 0 Å². The van der Waals surface area contributed by atoms with Gasteiger partial charge in [-0.2, -0.15) is 0 Å². The molecule has 0 amide bonds. The van der Waals surface area contributed by atoms with Crippen molar-refractivity contribution >= 4 is 11.4 Å². The van der Waals surface area contributed by atoms with Crippen LogP contribution >= 0.6 is 0 Å². The topological polar surface area (TPSA) is 15.7 Å². The number of hydrogen-bond acceptors (Lipinski definition) is 3. The molecule has 0 aliphatic heterocycles. The first kappa shape index (κ1) is 15.9. The average Bonchev–Trinajstić information content (AvgIpc) is 2.92. The zero-order chi connectivity index (χ0) is 16.4. The second-order valence-corrected chi connectivity index (χ2v) is 6.33. The molecule has 0 bridgehead atoms. The molecular weight excluding hydrogens is 284 g/mol. The molecule has 0 saturated heterocycles. The fourth-order valence-electron chi connectivity index (χ4n) is 3.29. The lowest BCUT2D eigenvalue weighted by Crippen LogP contribution is -2.26. The molecule has 0 heterocycles. The van der Waals surface area contributed by atoms with Crippen LogP contribution in [0, 0.1) is 0 Å². The Hall–Kier alpha value is -2.00. The summed E-state index contributed by atoms with van der Waals surface area (Å²) < 4.78 is 5.24. The SMILES string of the molecule is CCN(CCOC)c1ccc2c(c1)-c1cc(N(C)C)ccc1C2. The van der Waals surface area contributed by atoms with Crippen LogP contribution in [0.4, 0.5) is 11.4 Å². The Labute approximate surface area is 139 Å². The number of anilines is 2. The highest BCUT2D eigenvalue weighted by Crippen LogP contribution is 2.40. The first-order valence-electron chi connectivity index (χ1n) is 8.31. The number of methoxy groups -OCH3 is 1. The molecule has 0 atom stereocenters. The van der Waals surface area contributed by atoms with Crippen LogP contribution in [0.3, 0.4) is 0 Å². The van der Waals surface area contributed by atoms with Crippen molar-refractivity contribution in [3.05, 3.63) is 47.5 Å². The summed E-state index contributed by atoms with van der Waals surface area (Å²) in [5.41, 5.74) is 8.18. The van der Waals surface area contributed by atoms with Crippen molar-refractivity contribution in [3.8, 4) is 11.1 Å². The predicted octanol–water partition coefficient (Wildman–Crippen LogP) is 3.80. The molecule has 23 heavy (non-hydrogen) atoms. The van der Waals surface area contributed by atoms with Gasteiger partial charge in [0.2, 0.25) is 0 Å². The maximum Gasteiger partial charge on any atom is 0.0637 e. The Morgan fingerprint density at radius 3 is 2.13 bits per heavy atom. The van der Waals surface area contributed by atoms with E-state index in [9.17, 15) is 0 Å². The van der Waals surface area contributed by atoms with E-state index in [1.807, 2.05) is 0 Å². The minimum Gasteiger partial charge on any atom is -0.383 e. The molecular formula is C20H26N2O. The van der Waals surface area contributed by atoms with Gasteiger partial charge in [0.15, 0.2) is 0 Å². The summed E-state index contributed by atoms with van der Waals surface area (Å²) in [7, 11) is 5.95. The smallest absolute Gasteiger partial charge is 0.0637 e. The van der Waals surface area contributed by atoms with Gasteiger partial charge in [-0.25, -0.2) is 0 Å². The van der Waals surface area contributed by atoms with Gasteiger partial charge >= 0.3 is 0 Å². The maximum atomic E-state index is 5.24. The number of likely N-dealkylation sites (N-methyl/N-ethyl adjacent to an activating group) is 1. The molecule has 2 aromatic carbocycles. The average molecular weight is 310 g/mol. The van der Waals surface area contributed by atoms with E-state index in [0.717, 1.165) is 26.1 Å². The summed E-state index contributed by atoms with van der Waals surface area (Å²) in [5, 5.41) is 0. The lowest BCUT2D eigenvalue weighted by Gasteiger charge is -2.23. The quantitative estimate of drug-likeness (QED) is 0.689. The van der Waals surface area contributed by atoms with E-state index in [0.29, 0.717) is 0 Å². The fraction of sp³-hybridized carbons (Fsp3) is 0.400. The molecule has 0 saturated carbocycles. The van der Waals surface area contributed by atoms with Crippen LogP contribution in [0.25, 0.3) is 11.1 Å². The van der Waals surface area contributed by atoms with Crippen molar-refractivity contribution in [1.29, 1.82) is 0 Å². The largest absolute Gasteiger partial charge is 0.383 e. The molecule has 3 rings (SSSR count). The molecule has 0 spiro atoms. The Morgan fingerprint density at radius 2 is 1.57 bits per heavy atom. The van der Waals surface area contributed by atoms with Gasteiger partial charge in [-0.05, 0) is 59.9 Å². The zero-order valence-corrected chi connectivity index (χ0v) is 14.6. The predicted molar refractivity (Wildman–Crippen MR) is 98.8 cm³/mol. The number of rotatable bonds is 6. The fourth-order valence-corrected chi connectivity index (χ4v) is 3.29. The molecule has 0 radical (unpaired) electrons. The normalized spacial score (nSPS) is 12.0. The van der Waals surface area contributed by atoms with Crippen LogP contribution < -0.4 is 9.80 Å². The van der Waals surface area contributed by atoms with Crippen LogP contribution in [0.1, 0.15) is 18.1 Å². The van der Waals surface area contributed by atoms with Crippen LogP contribution in [0.5, 0.6) is 0 Å². The van der Waals surface area contributed by atoms with Gasteiger partial charge in [0.1, 0.15) is 0 Å². The lowest BCUT2D eigenvalue weighted by atomic mass is 10.0. The lowest BCUT2D eigenvalue weighted by molar-refractivity contribution is 0.205. The maximum absolute atomic E-state index is 5.24. The van der Waals surface area contributed by atoms with Gasteiger partial charge < -0.3 is 14.5 Å². The number of nitrogens with zero attached hydrogens (tertiary/aromatic N) is 2. The molecule has 3 heteroatoms. The van der Waals surface area contributed by atoms with E-state index in [-0.39, 0.29) is 0 Å². The van der Waals surface area contributed by atoms with E-state index in [4.69, 9.17) is 4.74 Å². The summed E-state index contributed by atoms with van der Waals surface area (Å²) in [6, 6.07) is 13.7. The Morgan fingerprint density at radius 1 is 0.957 bits per heavy atom. The van der Waals surface area contributed by atoms with E-state index in [1.165, 1.54) is 33.6 Å². The van der Waals surface area contributed by atoms with Gasteiger partial charge in [0, 0.05) is 45.7 Å². The Bertz CT molecular complexity index is 694. The van der Waals surface area contributed by atoms with Crippen LogP contribution in [0.15, 0.2) is 36.4 Å². The van der Waals surface area contributed by atoms with Gasteiger partial charge in [0.25, 0.3) is 0 Å². The van der Waals surface area contributed by atoms with Gasteiger partial charge in [-0.1, -0.05) is 12.1 Å². The number of benzene rings is 2. The van der Waals surface area contributed by atoms with Gasteiger partial charge in [-0.15, -0.1) is 0 Å². The monoisotopic (exact) mass is 310 g/mol. The third-order valence-corrected chi connectivity index (χ3v) is 4.69. The molecule has 1 aliphatic carbocycles. The number of hydrogen-bond donors (Lipinski definition) is 0. The van der Waals surface area contributed by atoms with Gasteiger partial charge in [0.05, 0.1) is 6.61 Å². The summed E-state index contributed by atoms with van der Waals surface area (Å²) in [6.07, 6.45) is 1.04. The van der Waals surface area contributed by atoms with E-state index in [2.05, 4.69) is 67.2 Å². The molecule has 0 N–H and O–H groups in total. The summed E-state index contributed by atoms with van der Waals surface area (Å²) in [5.74, 6) is 0. The highest BCUT2D eigenvalue weighted by molar-refractivity contribution is 5.82. The van der Waals surface area contributed by atoms with Crippen molar-refractivity contribution in [1.82, 2.24) is 0 Å². The third-order valence-electron chi connectivity index (χ3n) is 4.69. The molecule has 0 fully saturated rings. The molecule has 1 aliphatic rings. The number of ether oxygens (including phenoxy) is 1. The highest BCUT2D eigenvalue weighted by Gasteiger charge is 2.20. The Kier molecular flexibility index (Phi) is 4.58. The highest BCUT2D eigenvalue weighted by atomic mass is 16.5. The minimum atomic E-state index is 0.756. The van der Waals surface area contributed by atoms with E-state index in [1.54, 1.807) is 7.11 Å². The van der Waals surface area contributed by atoms with Crippen LogP contribution in [-0.2, 0) is 11.2 Å². The first-order chi connectivity index (χ1) is 11.1. The Balaban J connectivity index is 1.97. The van der Waals surface area contributed by atoms with E-state index >= 15 is 0 Å². The standard InChI is InChI=1S/C20H26N2O/c1-5-22(10-11-23-4)18-9-7-16-12-15-6-8-17(21(2)3)13-19(15)20(16)14-18/h6-9,13-14H,5,10-12H2,1-4H3. The summed E-state index contributed by atoms with van der Waals surface area (Å²) >= 11 is 0. The van der Waals surface area contributed by atoms with Crippen LogP contribution in [0.2, 0.25) is 0 Å². The zero-order valence-electron chi connectivity index (χ0n) is 14.6. The van der Waals surface area contributed by atoms with Crippen LogP contribution in [-0.4, -0.2) is 40.9 Å². The summed E-state index contributed by atoms with van der Waals surface area (Å²) in [6.45, 7) is 4.87. The van der Waals surface area contributed by atoms with Crippen molar-refractivity contribution in [2.24, 2.45) is 0 Å². The first-order valence-corrected chi connectivity index (χ1v) is 8.31. The minimum absolute atomic E-state index is 0.756. The second kappa shape index (κ2) is 6.63. The van der Waals surface area contributed by atoms with Crippen molar-refractivity contribution in [2.45, 2.75) is 13.3 Å². The molecule has 122 valence electrons.